The first-order valence-electron chi connectivity index (χ1n) is 9.15. The number of hydrogen-bond acceptors (Lipinski definition) is 6. The van der Waals surface area contributed by atoms with Crippen LogP contribution in [0, 0.1) is 12.3 Å². The van der Waals surface area contributed by atoms with Crippen LogP contribution in [-0.4, -0.2) is 47.0 Å². The minimum Gasteiger partial charge on any atom is -0.490 e. The van der Waals surface area contributed by atoms with Crippen LogP contribution < -0.4 is 15.4 Å². The van der Waals surface area contributed by atoms with Crippen LogP contribution in [0.15, 0.2) is 36.5 Å². The summed E-state index contributed by atoms with van der Waals surface area (Å²) in [5.74, 6) is 0.923. The highest BCUT2D eigenvalue weighted by Gasteiger charge is 2.23. The predicted molar refractivity (Wildman–Crippen MR) is 111 cm³/mol. The van der Waals surface area contributed by atoms with Crippen molar-refractivity contribution in [2.24, 2.45) is 0 Å². The Morgan fingerprint density at radius 2 is 2.07 bits per heavy atom. The number of rotatable bonds is 9. The summed E-state index contributed by atoms with van der Waals surface area (Å²) in [6.07, 6.45) is 1.55. The third kappa shape index (κ3) is 5.79. The normalized spacial score (nSPS) is 11.0. The molecule has 0 unspecified atom stereocenters. The highest BCUT2D eigenvalue weighted by atomic mass is 16.5. The summed E-state index contributed by atoms with van der Waals surface area (Å²) in [7, 11) is 0. The van der Waals surface area contributed by atoms with Crippen molar-refractivity contribution in [3.63, 3.8) is 0 Å². The maximum absolute atomic E-state index is 12.6. The molecule has 1 amide bonds. The number of nitrogens with one attached hydrogen (secondary N) is 3. The Morgan fingerprint density at radius 3 is 2.75 bits per heavy atom. The van der Waals surface area contributed by atoms with E-state index >= 15 is 0 Å². The molecule has 1 aromatic heterocycles. The van der Waals surface area contributed by atoms with Gasteiger partial charge in [-0.25, -0.2) is 4.98 Å². The van der Waals surface area contributed by atoms with Crippen LogP contribution >= 0.6 is 0 Å². The highest BCUT2D eigenvalue weighted by Crippen LogP contribution is 2.23. The van der Waals surface area contributed by atoms with E-state index in [1.807, 2.05) is 39.0 Å². The van der Waals surface area contributed by atoms with E-state index in [1.165, 1.54) is 0 Å². The number of aromatic nitrogens is 1. The molecule has 1 heterocycles. The zero-order chi connectivity index (χ0) is 20.7. The van der Waals surface area contributed by atoms with Gasteiger partial charge >= 0.3 is 0 Å². The van der Waals surface area contributed by atoms with Crippen molar-refractivity contribution in [3.8, 4) is 5.75 Å². The van der Waals surface area contributed by atoms with E-state index in [0.29, 0.717) is 29.4 Å². The van der Waals surface area contributed by atoms with Crippen molar-refractivity contribution in [2.75, 3.05) is 25.1 Å². The SMILES string of the molecule is CC(=N)c1c(C)cccc1OCC(C)(C)NC(=O)c1ccnc(NCCO)c1. The van der Waals surface area contributed by atoms with E-state index < -0.39 is 5.54 Å². The summed E-state index contributed by atoms with van der Waals surface area (Å²) in [5.41, 5.74) is 2.03. The van der Waals surface area contributed by atoms with E-state index in [-0.39, 0.29) is 19.1 Å². The fourth-order valence-corrected chi connectivity index (χ4v) is 2.77. The Morgan fingerprint density at radius 1 is 1.32 bits per heavy atom. The molecule has 1 aromatic carbocycles. The summed E-state index contributed by atoms with van der Waals surface area (Å²) in [6, 6.07) is 8.94. The zero-order valence-corrected chi connectivity index (χ0v) is 16.8. The standard InChI is InChI=1S/C21H28N4O3/c1-14-6-5-7-17(19(14)15(2)22)28-13-21(3,4)25-20(27)16-8-9-23-18(12-16)24-10-11-26/h5-9,12,22,26H,10-11,13H2,1-4H3,(H,23,24)(H,25,27). The predicted octanol–water partition coefficient (Wildman–Crippen LogP) is 2.77. The molecule has 0 aliphatic carbocycles. The van der Waals surface area contributed by atoms with Gasteiger partial charge in [0, 0.05) is 29.6 Å². The van der Waals surface area contributed by atoms with E-state index in [9.17, 15) is 4.79 Å². The molecule has 0 aliphatic rings. The van der Waals surface area contributed by atoms with E-state index in [2.05, 4.69) is 15.6 Å². The van der Waals surface area contributed by atoms with Gasteiger partial charge in [-0.1, -0.05) is 12.1 Å². The van der Waals surface area contributed by atoms with E-state index in [1.54, 1.807) is 25.3 Å². The quantitative estimate of drug-likeness (QED) is 0.497. The molecule has 4 N–H and O–H groups in total. The third-order valence-electron chi connectivity index (χ3n) is 4.09. The Hall–Kier alpha value is -2.93. The van der Waals surface area contributed by atoms with Gasteiger partial charge in [-0.3, -0.25) is 4.79 Å². The first-order chi connectivity index (χ1) is 13.2. The lowest BCUT2D eigenvalue weighted by atomic mass is 10.0. The first-order valence-corrected chi connectivity index (χ1v) is 9.15. The van der Waals surface area contributed by atoms with Crippen molar-refractivity contribution in [3.05, 3.63) is 53.2 Å². The summed E-state index contributed by atoms with van der Waals surface area (Å²) >= 11 is 0. The maximum atomic E-state index is 12.6. The topological polar surface area (TPSA) is 107 Å². The number of aryl methyl sites for hydroxylation is 1. The van der Waals surface area contributed by atoms with Gasteiger partial charge in [-0.05, 0) is 51.5 Å². The molecule has 7 heteroatoms. The lowest BCUT2D eigenvalue weighted by molar-refractivity contribution is 0.0880. The molecule has 0 saturated carbocycles. The van der Waals surface area contributed by atoms with Gasteiger partial charge in [0.15, 0.2) is 0 Å². The van der Waals surface area contributed by atoms with Gasteiger partial charge in [-0.2, -0.15) is 0 Å². The molecule has 28 heavy (non-hydrogen) atoms. The summed E-state index contributed by atoms with van der Waals surface area (Å²) < 4.78 is 5.95. The lowest BCUT2D eigenvalue weighted by Gasteiger charge is -2.27. The molecule has 7 nitrogen and oxygen atoms in total. The van der Waals surface area contributed by atoms with Crippen LogP contribution in [0.2, 0.25) is 0 Å². The van der Waals surface area contributed by atoms with Crippen LogP contribution in [0.3, 0.4) is 0 Å². The molecule has 150 valence electrons. The molecule has 2 rings (SSSR count). The Kier molecular flexibility index (Phi) is 7.12. The zero-order valence-electron chi connectivity index (χ0n) is 16.8. The van der Waals surface area contributed by atoms with Crippen molar-refractivity contribution >= 4 is 17.4 Å². The molecule has 0 atom stereocenters. The Labute approximate surface area is 165 Å². The molecule has 0 spiro atoms. The van der Waals surface area contributed by atoms with Crippen LogP contribution in [-0.2, 0) is 0 Å². The number of anilines is 1. The number of nitrogens with zero attached hydrogens (tertiary/aromatic N) is 1. The number of ether oxygens (including phenoxy) is 1. The minimum atomic E-state index is -0.629. The molecular formula is C21H28N4O3. The van der Waals surface area contributed by atoms with Gasteiger partial charge in [0.2, 0.25) is 0 Å². The number of carbonyl (C=O) groups is 1. The van der Waals surface area contributed by atoms with Crippen molar-refractivity contribution in [2.45, 2.75) is 33.2 Å². The number of amides is 1. The molecule has 0 aliphatic heterocycles. The Bertz CT molecular complexity index is 849. The average molecular weight is 384 g/mol. The smallest absolute Gasteiger partial charge is 0.252 e. The maximum Gasteiger partial charge on any atom is 0.252 e. The average Bonchev–Trinajstić information content (AvgIpc) is 2.64. The summed E-state index contributed by atoms with van der Waals surface area (Å²) in [4.78, 5) is 16.7. The van der Waals surface area contributed by atoms with Crippen LogP contribution in [0.5, 0.6) is 5.75 Å². The second-order valence-electron chi connectivity index (χ2n) is 7.28. The Balaban J connectivity index is 2.05. The molecule has 0 bridgehead atoms. The number of pyridine rings is 1. The largest absolute Gasteiger partial charge is 0.490 e. The van der Waals surface area contributed by atoms with E-state index in [0.717, 1.165) is 11.1 Å². The van der Waals surface area contributed by atoms with Crippen LogP contribution in [0.1, 0.15) is 42.3 Å². The number of carbonyl (C=O) groups excluding carboxylic acids is 1. The number of aliphatic hydroxyl groups excluding tert-OH is 1. The molecular weight excluding hydrogens is 356 g/mol. The van der Waals surface area contributed by atoms with Gasteiger partial charge in [-0.15, -0.1) is 0 Å². The number of benzene rings is 1. The molecule has 2 aromatic rings. The third-order valence-corrected chi connectivity index (χ3v) is 4.09. The van der Waals surface area contributed by atoms with Crippen molar-refractivity contribution in [1.29, 1.82) is 5.41 Å². The van der Waals surface area contributed by atoms with Crippen LogP contribution in [0.4, 0.5) is 5.82 Å². The monoisotopic (exact) mass is 384 g/mol. The second kappa shape index (κ2) is 9.32. The molecule has 0 fully saturated rings. The minimum absolute atomic E-state index is 0.0152. The van der Waals surface area contributed by atoms with Gasteiger partial charge in [0.25, 0.3) is 5.91 Å². The number of hydrogen-bond donors (Lipinski definition) is 4. The highest BCUT2D eigenvalue weighted by molar-refractivity contribution is 6.00. The van der Waals surface area contributed by atoms with Gasteiger partial charge in [0.05, 0.1) is 12.1 Å². The molecule has 0 radical (unpaired) electrons. The van der Waals surface area contributed by atoms with Gasteiger partial charge < -0.3 is 25.9 Å². The fraction of sp³-hybridized carbons (Fsp3) is 0.381. The summed E-state index contributed by atoms with van der Waals surface area (Å²) in [5, 5.41) is 22.8. The number of aliphatic hydroxyl groups is 1. The lowest BCUT2D eigenvalue weighted by Crippen LogP contribution is -2.48. The molecule has 0 saturated heterocycles. The van der Waals surface area contributed by atoms with E-state index in [4.69, 9.17) is 15.3 Å². The van der Waals surface area contributed by atoms with Crippen LogP contribution in [0.25, 0.3) is 0 Å². The fourth-order valence-electron chi connectivity index (χ4n) is 2.77. The van der Waals surface area contributed by atoms with Crippen molar-refractivity contribution < 1.29 is 14.6 Å². The van der Waals surface area contributed by atoms with Crippen molar-refractivity contribution in [1.82, 2.24) is 10.3 Å². The first kappa shape index (κ1) is 21.4. The summed E-state index contributed by atoms with van der Waals surface area (Å²) in [6.45, 7) is 8.03. The second-order valence-corrected chi connectivity index (χ2v) is 7.28. The van der Waals surface area contributed by atoms with Gasteiger partial charge in [0.1, 0.15) is 18.2 Å².